The second-order valence-electron chi connectivity index (χ2n) is 7.42. The summed E-state index contributed by atoms with van der Waals surface area (Å²) in [5.41, 5.74) is 1.30. The molecule has 1 aliphatic heterocycles. The number of aryl methyl sites for hydroxylation is 1. The van der Waals surface area contributed by atoms with Crippen molar-refractivity contribution < 1.29 is 27.8 Å². The predicted octanol–water partition coefficient (Wildman–Crippen LogP) is 2.53. The summed E-state index contributed by atoms with van der Waals surface area (Å²) in [6, 6.07) is 4.76. The molecule has 3 heterocycles. The van der Waals surface area contributed by atoms with Crippen molar-refractivity contribution in [2.75, 3.05) is 13.2 Å². The highest BCUT2D eigenvalue weighted by Gasteiger charge is 2.42. The zero-order valence-electron chi connectivity index (χ0n) is 16.1. The quantitative estimate of drug-likeness (QED) is 0.833. The highest BCUT2D eigenvalue weighted by molar-refractivity contribution is 5.73. The first-order valence-corrected chi connectivity index (χ1v) is 9.48. The highest BCUT2D eigenvalue weighted by Crippen LogP contribution is 2.36. The minimum Gasteiger partial charge on any atom is -0.475 e. The summed E-state index contributed by atoms with van der Waals surface area (Å²) in [6.07, 6.45) is 6.22. The minimum absolute atomic E-state index is 0.382. The zero-order chi connectivity index (χ0) is 21.0. The van der Waals surface area contributed by atoms with Crippen molar-refractivity contribution in [3.05, 3.63) is 42.5 Å². The van der Waals surface area contributed by atoms with Crippen LogP contribution in [0.5, 0.6) is 0 Å². The van der Waals surface area contributed by atoms with E-state index in [1.807, 2.05) is 17.9 Å². The SMILES string of the molecule is Cn1cc(CN2CCO[C@H]3C(Cn4cccc4)CC[C@@H]32)cn1.O=C(O)C(F)(F)F. The van der Waals surface area contributed by atoms with Gasteiger partial charge in [0.2, 0.25) is 0 Å². The van der Waals surface area contributed by atoms with Gasteiger partial charge >= 0.3 is 12.1 Å². The van der Waals surface area contributed by atoms with Gasteiger partial charge in [-0.2, -0.15) is 18.3 Å². The van der Waals surface area contributed by atoms with Crippen LogP contribution in [0.15, 0.2) is 36.9 Å². The van der Waals surface area contributed by atoms with Crippen molar-refractivity contribution in [1.82, 2.24) is 19.2 Å². The summed E-state index contributed by atoms with van der Waals surface area (Å²) < 4.78 is 42.1. The van der Waals surface area contributed by atoms with Crippen LogP contribution in [0.1, 0.15) is 18.4 Å². The first-order valence-electron chi connectivity index (χ1n) is 9.48. The number of carboxylic acids is 1. The molecule has 1 saturated carbocycles. The molecule has 0 radical (unpaired) electrons. The molecule has 160 valence electrons. The molecular formula is C19H25F3N4O3. The van der Waals surface area contributed by atoms with Gasteiger partial charge in [0.15, 0.2) is 0 Å². The Bertz CT molecular complexity index is 791. The normalized spacial score (nSPS) is 24.6. The van der Waals surface area contributed by atoms with E-state index in [2.05, 4.69) is 45.3 Å². The van der Waals surface area contributed by atoms with Gasteiger partial charge in [0.25, 0.3) is 0 Å². The number of aromatic nitrogens is 3. The third kappa shape index (κ3) is 5.60. The van der Waals surface area contributed by atoms with Gasteiger partial charge in [-0.25, -0.2) is 4.79 Å². The average molecular weight is 414 g/mol. The molecule has 4 rings (SSSR count). The third-order valence-corrected chi connectivity index (χ3v) is 5.33. The maximum Gasteiger partial charge on any atom is 0.490 e. The fourth-order valence-electron chi connectivity index (χ4n) is 4.08. The molecule has 1 N–H and O–H groups in total. The fourth-order valence-corrected chi connectivity index (χ4v) is 4.08. The zero-order valence-corrected chi connectivity index (χ0v) is 16.1. The number of rotatable bonds is 4. The van der Waals surface area contributed by atoms with E-state index >= 15 is 0 Å². The first kappa shape index (κ1) is 21.4. The summed E-state index contributed by atoms with van der Waals surface area (Å²) in [4.78, 5) is 11.5. The number of ether oxygens (including phenoxy) is 1. The second kappa shape index (κ2) is 9.00. The van der Waals surface area contributed by atoms with Crippen LogP contribution < -0.4 is 0 Å². The Morgan fingerprint density at radius 2 is 2.00 bits per heavy atom. The molecule has 2 aromatic heterocycles. The molecule has 1 saturated heterocycles. The lowest BCUT2D eigenvalue weighted by Gasteiger charge is -2.39. The van der Waals surface area contributed by atoms with E-state index in [0.717, 1.165) is 26.2 Å². The lowest BCUT2D eigenvalue weighted by molar-refractivity contribution is -0.192. The van der Waals surface area contributed by atoms with Crippen LogP contribution in [0.4, 0.5) is 13.2 Å². The molecule has 2 aliphatic rings. The van der Waals surface area contributed by atoms with Gasteiger partial charge in [-0.05, 0) is 25.0 Å². The van der Waals surface area contributed by atoms with Crippen molar-refractivity contribution in [2.45, 2.75) is 44.3 Å². The fraction of sp³-hybridized carbons (Fsp3) is 0.579. The number of aliphatic carboxylic acids is 1. The molecule has 10 heteroatoms. The van der Waals surface area contributed by atoms with Crippen LogP contribution >= 0.6 is 0 Å². The molecule has 0 aromatic carbocycles. The molecule has 2 aromatic rings. The van der Waals surface area contributed by atoms with E-state index in [1.54, 1.807) is 0 Å². The van der Waals surface area contributed by atoms with Gasteiger partial charge in [0.1, 0.15) is 0 Å². The van der Waals surface area contributed by atoms with Gasteiger partial charge in [-0.15, -0.1) is 0 Å². The second-order valence-corrected chi connectivity index (χ2v) is 7.42. The first-order chi connectivity index (χ1) is 13.7. The molecule has 0 bridgehead atoms. The Hall–Kier alpha value is -2.33. The van der Waals surface area contributed by atoms with Crippen LogP contribution in [-0.2, 0) is 29.7 Å². The Balaban J connectivity index is 0.000000298. The molecule has 7 nitrogen and oxygen atoms in total. The van der Waals surface area contributed by atoms with E-state index in [0.29, 0.717) is 18.1 Å². The maximum atomic E-state index is 10.6. The van der Waals surface area contributed by atoms with Crippen molar-refractivity contribution in [3.63, 3.8) is 0 Å². The monoisotopic (exact) mass is 414 g/mol. The number of fused-ring (bicyclic) bond motifs is 1. The molecule has 29 heavy (non-hydrogen) atoms. The number of hydrogen-bond acceptors (Lipinski definition) is 4. The van der Waals surface area contributed by atoms with Crippen molar-refractivity contribution >= 4 is 5.97 Å². The van der Waals surface area contributed by atoms with Gasteiger partial charge in [0.05, 0.1) is 18.9 Å². The smallest absolute Gasteiger partial charge is 0.475 e. The summed E-state index contributed by atoms with van der Waals surface area (Å²) in [5, 5.41) is 11.4. The Labute approximate surface area is 166 Å². The third-order valence-electron chi connectivity index (χ3n) is 5.33. The maximum absolute atomic E-state index is 10.6. The summed E-state index contributed by atoms with van der Waals surface area (Å²) in [5.74, 6) is -2.12. The Morgan fingerprint density at radius 3 is 2.59 bits per heavy atom. The Kier molecular flexibility index (Phi) is 6.63. The van der Waals surface area contributed by atoms with Crippen LogP contribution in [0, 0.1) is 5.92 Å². The molecule has 3 atom stereocenters. The van der Waals surface area contributed by atoms with Gasteiger partial charge in [-0.3, -0.25) is 9.58 Å². The van der Waals surface area contributed by atoms with Crippen molar-refractivity contribution in [2.24, 2.45) is 13.0 Å². The van der Waals surface area contributed by atoms with E-state index in [-0.39, 0.29) is 0 Å². The molecule has 0 amide bonds. The number of carbonyl (C=O) groups is 1. The van der Waals surface area contributed by atoms with Crippen molar-refractivity contribution in [1.29, 1.82) is 0 Å². The van der Waals surface area contributed by atoms with Gasteiger partial charge < -0.3 is 14.4 Å². The number of hydrogen-bond donors (Lipinski definition) is 1. The van der Waals surface area contributed by atoms with Crippen LogP contribution in [0.2, 0.25) is 0 Å². The van der Waals surface area contributed by atoms with E-state index in [1.165, 1.54) is 18.4 Å². The lowest BCUT2D eigenvalue weighted by Crippen LogP contribution is -2.50. The number of morpholine rings is 1. The molecule has 2 fully saturated rings. The largest absolute Gasteiger partial charge is 0.490 e. The molecular weight excluding hydrogens is 389 g/mol. The summed E-state index contributed by atoms with van der Waals surface area (Å²) >= 11 is 0. The van der Waals surface area contributed by atoms with Gasteiger partial charge in [-0.1, -0.05) is 0 Å². The Morgan fingerprint density at radius 1 is 1.31 bits per heavy atom. The highest BCUT2D eigenvalue weighted by atomic mass is 19.4. The number of alkyl halides is 3. The minimum atomic E-state index is -5.08. The van der Waals surface area contributed by atoms with E-state index in [9.17, 15) is 13.2 Å². The van der Waals surface area contributed by atoms with E-state index in [4.69, 9.17) is 14.6 Å². The standard InChI is InChI=1S/C17H24N4O.C2HF3O2/c1-19-11-14(10-18-19)12-21-8-9-22-17-15(4-5-16(17)21)13-20-6-2-3-7-20;3-2(4,5)1(6)7/h2-3,6-7,10-11,15-17H,4-5,8-9,12-13H2,1H3;(H,6,7)/t15?,16-,17-;/m0./s1. The summed E-state index contributed by atoms with van der Waals surface area (Å²) in [7, 11) is 1.98. The van der Waals surface area contributed by atoms with Crippen LogP contribution in [0.25, 0.3) is 0 Å². The molecule has 1 unspecified atom stereocenters. The number of carboxylic acid groups (broad SMARTS) is 1. The lowest BCUT2D eigenvalue weighted by atomic mass is 10.0. The molecule has 1 aliphatic carbocycles. The summed E-state index contributed by atoms with van der Waals surface area (Å²) in [6.45, 7) is 3.96. The molecule has 0 spiro atoms. The van der Waals surface area contributed by atoms with Crippen LogP contribution in [0.3, 0.4) is 0 Å². The number of nitrogens with zero attached hydrogens (tertiary/aromatic N) is 4. The van der Waals surface area contributed by atoms with E-state index < -0.39 is 12.1 Å². The van der Waals surface area contributed by atoms with Crippen LogP contribution in [-0.4, -0.2) is 61.8 Å². The van der Waals surface area contributed by atoms with Gasteiger partial charge in [0, 0.05) is 62.8 Å². The average Bonchev–Trinajstić information content (AvgIpc) is 3.38. The topological polar surface area (TPSA) is 72.5 Å². The predicted molar refractivity (Wildman–Crippen MR) is 98.0 cm³/mol. The number of halogens is 3. The van der Waals surface area contributed by atoms with Crippen molar-refractivity contribution in [3.8, 4) is 0 Å².